The molecule has 0 radical (unpaired) electrons. The number of rotatable bonds is 11. The Bertz CT molecular complexity index is 1730. The highest BCUT2D eigenvalue weighted by Crippen LogP contribution is 2.26. The molecule has 43 heavy (non-hydrogen) atoms. The van der Waals surface area contributed by atoms with Gasteiger partial charge in [0, 0.05) is 22.7 Å². The monoisotopic (exact) mass is 580 g/mol. The number of benzene rings is 1. The number of carbonyl (C=O) groups is 1. The highest BCUT2D eigenvalue weighted by Gasteiger charge is 2.21. The van der Waals surface area contributed by atoms with Crippen LogP contribution in [0.5, 0.6) is 0 Å². The van der Waals surface area contributed by atoms with Crippen molar-refractivity contribution in [1.29, 1.82) is 0 Å². The smallest absolute Gasteiger partial charge is 0.287 e. The Morgan fingerprint density at radius 3 is 2.51 bits per heavy atom. The van der Waals surface area contributed by atoms with Crippen molar-refractivity contribution >= 4 is 28.7 Å². The number of nitrogens with zero attached hydrogens (tertiary/aromatic N) is 5. The number of hydrogen-bond acceptors (Lipinski definition) is 8. The van der Waals surface area contributed by atoms with Crippen molar-refractivity contribution < 1.29 is 9.18 Å². The molecule has 3 aromatic heterocycles. The minimum Gasteiger partial charge on any atom is -0.334 e. The number of nitrogens with one attached hydrogen (secondary N) is 3. The molecule has 0 saturated heterocycles. The average molecular weight is 581 g/mol. The third-order valence-electron chi connectivity index (χ3n) is 6.83. The van der Waals surface area contributed by atoms with Gasteiger partial charge in [-0.3, -0.25) is 14.6 Å². The van der Waals surface area contributed by atoms with Gasteiger partial charge in [-0.25, -0.2) is 14.5 Å². The van der Waals surface area contributed by atoms with Crippen molar-refractivity contribution in [2.45, 2.75) is 46.0 Å². The average Bonchev–Trinajstić information content (AvgIpc) is 3.02. The van der Waals surface area contributed by atoms with Crippen LogP contribution in [0.3, 0.4) is 0 Å². The maximum atomic E-state index is 14.7. The van der Waals surface area contributed by atoms with E-state index in [4.69, 9.17) is 0 Å². The Balaban J connectivity index is 1.54. The molecule has 0 aliphatic rings. The predicted octanol–water partition coefficient (Wildman–Crippen LogP) is 6.38. The van der Waals surface area contributed by atoms with Crippen LogP contribution in [-0.4, -0.2) is 36.3 Å². The minimum absolute atomic E-state index is 0.0507. The van der Waals surface area contributed by atoms with E-state index < -0.39 is 17.3 Å². The van der Waals surface area contributed by atoms with Crippen LogP contribution >= 0.6 is 0 Å². The predicted molar refractivity (Wildman–Crippen MR) is 166 cm³/mol. The topological polar surface area (TPSA) is 138 Å². The van der Waals surface area contributed by atoms with Crippen LogP contribution in [0.25, 0.3) is 16.8 Å². The van der Waals surface area contributed by atoms with E-state index in [2.05, 4.69) is 47.6 Å². The molecule has 3 heterocycles. The van der Waals surface area contributed by atoms with Gasteiger partial charge in [-0.1, -0.05) is 58.6 Å². The second-order valence-electron chi connectivity index (χ2n) is 10.3. The van der Waals surface area contributed by atoms with E-state index in [-0.39, 0.29) is 22.5 Å². The van der Waals surface area contributed by atoms with Gasteiger partial charge in [0.25, 0.3) is 11.5 Å². The van der Waals surface area contributed by atoms with E-state index >= 15 is 0 Å². The summed E-state index contributed by atoms with van der Waals surface area (Å²) in [6.07, 6.45) is 12.1. The van der Waals surface area contributed by atoms with Crippen molar-refractivity contribution in [2.24, 2.45) is 0 Å². The molecule has 0 aliphatic carbocycles. The van der Waals surface area contributed by atoms with Gasteiger partial charge in [0.05, 0.1) is 29.0 Å². The molecule has 0 fully saturated rings. The zero-order chi connectivity index (χ0) is 31.0. The maximum Gasteiger partial charge on any atom is 0.287 e. The SMILES string of the molecule is C=CC=C(C=CCC)c1ccc(Nc2cc(-c3ccc(F)c(NC(=O)c4cnc(C(C)(C)CC)cn4)c3)n[nH]c2=O)nn1. The van der Waals surface area contributed by atoms with Gasteiger partial charge in [-0.2, -0.15) is 5.10 Å². The Labute approximate surface area is 248 Å². The summed E-state index contributed by atoms with van der Waals surface area (Å²) >= 11 is 0. The van der Waals surface area contributed by atoms with E-state index in [9.17, 15) is 14.0 Å². The fraction of sp³-hybridized carbons (Fsp3) is 0.219. The number of H-pyrrole nitrogens is 1. The second-order valence-corrected chi connectivity index (χ2v) is 10.3. The highest BCUT2D eigenvalue weighted by atomic mass is 19.1. The molecule has 3 N–H and O–H groups in total. The molecule has 0 spiro atoms. The quantitative estimate of drug-likeness (QED) is 0.174. The number of allylic oxidation sites excluding steroid dienone is 5. The van der Waals surface area contributed by atoms with E-state index in [1.807, 2.05) is 45.9 Å². The summed E-state index contributed by atoms with van der Waals surface area (Å²) in [6.45, 7) is 11.9. The summed E-state index contributed by atoms with van der Waals surface area (Å²) in [5.41, 5.74) is 2.48. The fourth-order valence-corrected chi connectivity index (χ4v) is 3.88. The Morgan fingerprint density at radius 2 is 1.86 bits per heavy atom. The number of halogens is 1. The van der Waals surface area contributed by atoms with Crippen LogP contribution < -0.4 is 16.2 Å². The molecule has 1 amide bonds. The molecule has 220 valence electrons. The Kier molecular flexibility index (Phi) is 9.66. The van der Waals surface area contributed by atoms with Crippen LogP contribution in [-0.2, 0) is 5.41 Å². The number of amides is 1. The first-order valence-corrected chi connectivity index (χ1v) is 13.8. The van der Waals surface area contributed by atoms with Crippen LogP contribution in [0, 0.1) is 5.82 Å². The molecular formula is C32H33FN8O2. The van der Waals surface area contributed by atoms with E-state index in [0.29, 0.717) is 22.8 Å². The number of aromatic nitrogens is 6. The normalized spacial score (nSPS) is 11.9. The van der Waals surface area contributed by atoms with Crippen LogP contribution in [0.1, 0.15) is 62.4 Å². The van der Waals surface area contributed by atoms with Gasteiger partial charge in [0.2, 0.25) is 0 Å². The zero-order valence-corrected chi connectivity index (χ0v) is 24.5. The number of aromatic amines is 1. The fourth-order valence-electron chi connectivity index (χ4n) is 3.88. The number of carbonyl (C=O) groups excluding carboxylic acids is 1. The summed E-state index contributed by atoms with van der Waals surface area (Å²) in [5, 5.41) is 20.5. The van der Waals surface area contributed by atoms with Crippen molar-refractivity contribution in [3.63, 3.8) is 0 Å². The largest absolute Gasteiger partial charge is 0.334 e. The van der Waals surface area contributed by atoms with E-state index in [0.717, 1.165) is 24.1 Å². The Hall–Kier alpha value is -5.32. The van der Waals surface area contributed by atoms with E-state index in [1.165, 1.54) is 30.5 Å². The molecule has 11 heteroatoms. The van der Waals surface area contributed by atoms with Gasteiger partial charge in [-0.05, 0) is 49.2 Å². The van der Waals surface area contributed by atoms with Gasteiger partial charge >= 0.3 is 0 Å². The van der Waals surface area contributed by atoms with Crippen LogP contribution in [0.2, 0.25) is 0 Å². The summed E-state index contributed by atoms with van der Waals surface area (Å²) in [4.78, 5) is 33.9. The van der Waals surface area contributed by atoms with Crippen LogP contribution in [0.4, 0.5) is 21.6 Å². The zero-order valence-electron chi connectivity index (χ0n) is 24.5. The third kappa shape index (κ3) is 7.50. The molecule has 0 atom stereocenters. The number of hydrogen-bond donors (Lipinski definition) is 3. The molecule has 10 nitrogen and oxygen atoms in total. The second kappa shape index (κ2) is 13.6. The van der Waals surface area contributed by atoms with Crippen molar-refractivity contribution in [2.75, 3.05) is 10.6 Å². The first kappa shape index (κ1) is 30.6. The lowest BCUT2D eigenvalue weighted by Gasteiger charge is -2.21. The molecule has 4 rings (SSSR count). The molecule has 0 unspecified atom stereocenters. The summed E-state index contributed by atoms with van der Waals surface area (Å²) in [5.74, 6) is -0.921. The highest BCUT2D eigenvalue weighted by molar-refractivity contribution is 6.03. The van der Waals surface area contributed by atoms with Crippen molar-refractivity contribution in [3.05, 3.63) is 113 Å². The lowest BCUT2D eigenvalue weighted by molar-refractivity contribution is 0.102. The van der Waals surface area contributed by atoms with E-state index in [1.54, 1.807) is 24.4 Å². The Morgan fingerprint density at radius 1 is 1.05 bits per heavy atom. The standard InChI is InChI=1S/C32H33FN8O2/c1-6-9-11-20(10-7-2)23-14-15-29(40-38-23)36-26-17-24(39-41-31(26)43)21-12-13-22(33)25(16-21)37-30(42)27-18-35-28(19-34-27)32(4,5)8-3/h7,9-19H,2,6,8H2,1,3-5H3,(H,37,42)(H,41,43)(H,36,39,40). The molecule has 0 saturated carbocycles. The molecule has 0 bridgehead atoms. The van der Waals surface area contributed by atoms with Gasteiger partial charge < -0.3 is 10.6 Å². The summed E-state index contributed by atoms with van der Waals surface area (Å²) < 4.78 is 14.7. The molecule has 1 aromatic carbocycles. The van der Waals surface area contributed by atoms with Crippen molar-refractivity contribution in [3.8, 4) is 11.3 Å². The lowest BCUT2D eigenvalue weighted by Crippen LogP contribution is -2.20. The first-order chi connectivity index (χ1) is 20.6. The minimum atomic E-state index is -0.648. The van der Waals surface area contributed by atoms with Crippen LogP contribution in [0.15, 0.2) is 84.5 Å². The van der Waals surface area contributed by atoms with Crippen molar-refractivity contribution in [1.82, 2.24) is 30.4 Å². The first-order valence-electron chi connectivity index (χ1n) is 13.8. The molecule has 4 aromatic rings. The molecular weight excluding hydrogens is 547 g/mol. The summed E-state index contributed by atoms with van der Waals surface area (Å²) in [6, 6.07) is 9.09. The van der Waals surface area contributed by atoms with Gasteiger partial charge in [0.1, 0.15) is 17.2 Å². The molecule has 0 aliphatic heterocycles. The summed E-state index contributed by atoms with van der Waals surface area (Å²) in [7, 11) is 0. The number of anilines is 3. The van der Waals surface area contributed by atoms with Gasteiger partial charge in [-0.15, -0.1) is 10.2 Å². The lowest BCUT2D eigenvalue weighted by atomic mass is 9.87. The maximum absolute atomic E-state index is 14.7. The van der Waals surface area contributed by atoms with Gasteiger partial charge in [0.15, 0.2) is 5.82 Å². The third-order valence-corrected chi connectivity index (χ3v) is 6.83.